The highest BCUT2D eigenvalue weighted by Gasteiger charge is 2.31. The van der Waals surface area contributed by atoms with E-state index < -0.39 is 22.1 Å². The average molecular weight is 520 g/mol. The number of nitrogens with one attached hydrogen (secondary N) is 1. The van der Waals surface area contributed by atoms with E-state index in [0.29, 0.717) is 17.4 Å². The zero-order chi connectivity index (χ0) is 26.1. The molecule has 1 N–H and O–H groups in total. The molecule has 0 saturated heterocycles. The Kier molecular flexibility index (Phi) is 6.59. The Hall–Kier alpha value is -4.13. The Labute approximate surface area is 204 Å². The first kappa shape index (κ1) is 25.0. The number of aromatic nitrogens is 4. The second kappa shape index (κ2) is 9.49. The Bertz CT molecular complexity index is 1490. The number of sulfonamides is 1. The highest BCUT2D eigenvalue weighted by Crippen LogP contribution is 2.27. The molecule has 4 rings (SSSR count). The molecule has 0 fully saturated rings. The van der Waals surface area contributed by atoms with Crippen molar-refractivity contribution in [2.75, 3.05) is 4.72 Å². The van der Waals surface area contributed by atoms with Crippen LogP contribution >= 0.6 is 0 Å². The standard InChI is InChI=1S/C23H20F3N5O4S/c1-14-12-15(2)31(29-14)21-13-22(28-16(3)27-21)34-18-6-4-17(5-7-18)30-36(32,33)20-10-8-19(9-11-20)35-23(24,25)26/h4-13,30H,1-3H3. The number of halogens is 3. The first-order valence-electron chi connectivity index (χ1n) is 10.4. The van der Waals surface area contributed by atoms with Crippen LogP contribution in [-0.4, -0.2) is 34.5 Å². The molecule has 13 heteroatoms. The van der Waals surface area contributed by atoms with Crippen LogP contribution in [0.3, 0.4) is 0 Å². The van der Waals surface area contributed by atoms with Crippen LogP contribution in [0.5, 0.6) is 17.4 Å². The summed E-state index contributed by atoms with van der Waals surface area (Å²) >= 11 is 0. The Morgan fingerprint density at radius 1 is 0.889 bits per heavy atom. The number of aryl methyl sites for hydroxylation is 3. The van der Waals surface area contributed by atoms with Gasteiger partial charge in [0.2, 0.25) is 5.88 Å². The van der Waals surface area contributed by atoms with Gasteiger partial charge in [-0.15, -0.1) is 13.2 Å². The van der Waals surface area contributed by atoms with Crippen LogP contribution < -0.4 is 14.2 Å². The van der Waals surface area contributed by atoms with Crippen LogP contribution in [0.15, 0.2) is 65.6 Å². The van der Waals surface area contributed by atoms with Gasteiger partial charge in [-0.05, 0) is 75.4 Å². The van der Waals surface area contributed by atoms with E-state index in [0.717, 1.165) is 35.7 Å². The average Bonchev–Trinajstić information content (AvgIpc) is 3.12. The van der Waals surface area contributed by atoms with E-state index in [4.69, 9.17) is 4.74 Å². The van der Waals surface area contributed by atoms with Gasteiger partial charge in [-0.3, -0.25) is 4.72 Å². The lowest BCUT2D eigenvalue weighted by atomic mass is 10.3. The molecular weight excluding hydrogens is 499 g/mol. The number of rotatable bonds is 7. The maximum Gasteiger partial charge on any atom is 0.573 e. The largest absolute Gasteiger partial charge is 0.573 e. The highest BCUT2D eigenvalue weighted by atomic mass is 32.2. The Balaban J connectivity index is 1.46. The predicted octanol–water partition coefficient (Wildman–Crippen LogP) is 5.08. The van der Waals surface area contributed by atoms with Gasteiger partial charge in [-0.1, -0.05) is 0 Å². The second-order valence-corrected chi connectivity index (χ2v) is 9.38. The molecule has 188 valence electrons. The molecule has 0 atom stereocenters. The van der Waals surface area contributed by atoms with Crippen molar-refractivity contribution >= 4 is 15.7 Å². The summed E-state index contributed by atoms with van der Waals surface area (Å²) in [7, 11) is -4.05. The lowest BCUT2D eigenvalue weighted by Gasteiger charge is -2.12. The van der Waals surface area contributed by atoms with Crippen molar-refractivity contribution in [2.45, 2.75) is 32.0 Å². The smallest absolute Gasteiger partial charge is 0.439 e. The normalized spacial score (nSPS) is 11.8. The third-order valence-corrected chi connectivity index (χ3v) is 6.12. The molecule has 0 saturated carbocycles. The summed E-state index contributed by atoms with van der Waals surface area (Å²) in [6, 6.07) is 13.5. The molecule has 2 aromatic heterocycles. The van der Waals surface area contributed by atoms with Gasteiger partial charge in [0.15, 0.2) is 5.82 Å². The fraction of sp³-hybridized carbons (Fsp3) is 0.174. The van der Waals surface area contributed by atoms with Crippen molar-refractivity contribution in [1.82, 2.24) is 19.7 Å². The van der Waals surface area contributed by atoms with Crippen molar-refractivity contribution in [2.24, 2.45) is 0 Å². The summed E-state index contributed by atoms with van der Waals surface area (Å²) in [5.74, 6) is 1.16. The summed E-state index contributed by atoms with van der Waals surface area (Å²) in [5.41, 5.74) is 1.96. The van der Waals surface area contributed by atoms with E-state index in [1.54, 1.807) is 29.8 Å². The topological polar surface area (TPSA) is 108 Å². The summed E-state index contributed by atoms with van der Waals surface area (Å²) in [5, 5.41) is 4.41. The van der Waals surface area contributed by atoms with Gasteiger partial charge in [0.05, 0.1) is 10.6 Å². The lowest BCUT2D eigenvalue weighted by molar-refractivity contribution is -0.274. The molecule has 36 heavy (non-hydrogen) atoms. The monoisotopic (exact) mass is 519 g/mol. The number of nitrogens with zero attached hydrogens (tertiary/aromatic N) is 4. The summed E-state index contributed by atoms with van der Waals surface area (Å²) in [4.78, 5) is 8.44. The van der Waals surface area contributed by atoms with Gasteiger partial charge in [0.1, 0.15) is 17.3 Å². The fourth-order valence-electron chi connectivity index (χ4n) is 3.29. The molecule has 0 aliphatic rings. The van der Waals surface area contributed by atoms with Crippen LogP contribution in [0.1, 0.15) is 17.2 Å². The van der Waals surface area contributed by atoms with Gasteiger partial charge in [0, 0.05) is 17.4 Å². The van der Waals surface area contributed by atoms with Crippen molar-refractivity contribution in [3.05, 3.63) is 77.9 Å². The summed E-state index contributed by atoms with van der Waals surface area (Å²) in [6.07, 6.45) is -4.87. The van der Waals surface area contributed by atoms with Crippen LogP contribution in [0.4, 0.5) is 18.9 Å². The van der Waals surface area contributed by atoms with E-state index in [-0.39, 0.29) is 16.5 Å². The van der Waals surface area contributed by atoms with Gasteiger partial charge >= 0.3 is 6.36 Å². The van der Waals surface area contributed by atoms with Crippen LogP contribution in [0.2, 0.25) is 0 Å². The molecule has 0 aliphatic carbocycles. The molecule has 0 radical (unpaired) electrons. The number of ether oxygens (including phenoxy) is 2. The molecule has 9 nitrogen and oxygen atoms in total. The van der Waals surface area contributed by atoms with Crippen molar-refractivity contribution in [3.63, 3.8) is 0 Å². The Morgan fingerprint density at radius 2 is 1.53 bits per heavy atom. The van der Waals surface area contributed by atoms with Crippen LogP contribution in [-0.2, 0) is 10.0 Å². The summed E-state index contributed by atoms with van der Waals surface area (Å²) in [6.45, 7) is 5.51. The number of anilines is 1. The molecule has 0 unspecified atom stereocenters. The minimum atomic E-state index is -4.87. The van der Waals surface area contributed by atoms with Gasteiger partial charge < -0.3 is 9.47 Å². The van der Waals surface area contributed by atoms with Gasteiger partial charge in [-0.2, -0.15) is 10.1 Å². The molecule has 2 aromatic carbocycles. The van der Waals surface area contributed by atoms with Crippen molar-refractivity contribution in [1.29, 1.82) is 0 Å². The third kappa shape index (κ3) is 6.10. The second-order valence-electron chi connectivity index (χ2n) is 7.70. The van der Waals surface area contributed by atoms with E-state index in [1.807, 2.05) is 19.9 Å². The lowest BCUT2D eigenvalue weighted by Crippen LogP contribution is -2.17. The number of hydrogen-bond acceptors (Lipinski definition) is 7. The van der Waals surface area contributed by atoms with E-state index in [9.17, 15) is 21.6 Å². The number of benzene rings is 2. The summed E-state index contributed by atoms with van der Waals surface area (Å²) < 4.78 is 75.6. The molecular formula is C23H20F3N5O4S. The molecule has 0 spiro atoms. The quantitative estimate of drug-likeness (QED) is 0.363. The maximum atomic E-state index is 12.6. The Morgan fingerprint density at radius 3 is 2.11 bits per heavy atom. The number of hydrogen-bond donors (Lipinski definition) is 1. The van der Waals surface area contributed by atoms with Crippen LogP contribution in [0.25, 0.3) is 5.82 Å². The fourth-order valence-corrected chi connectivity index (χ4v) is 4.35. The minimum absolute atomic E-state index is 0.222. The van der Waals surface area contributed by atoms with Crippen molar-refractivity contribution < 1.29 is 31.1 Å². The third-order valence-electron chi connectivity index (χ3n) is 4.72. The first-order valence-corrected chi connectivity index (χ1v) is 11.9. The van der Waals surface area contributed by atoms with Gasteiger partial charge in [0.25, 0.3) is 10.0 Å². The van der Waals surface area contributed by atoms with Gasteiger partial charge in [-0.25, -0.2) is 18.1 Å². The van der Waals surface area contributed by atoms with E-state index >= 15 is 0 Å². The molecule has 0 aliphatic heterocycles. The maximum absolute atomic E-state index is 12.6. The van der Waals surface area contributed by atoms with Crippen LogP contribution in [0, 0.1) is 20.8 Å². The molecule has 2 heterocycles. The molecule has 0 bridgehead atoms. The molecule has 0 amide bonds. The predicted molar refractivity (Wildman–Crippen MR) is 124 cm³/mol. The minimum Gasteiger partial charge on any atom is -0.439 e. The van der Waals surface area contributed by atoms with E-state index in [1.165, 1.54) is 12.1 Å². The van der Waals surface area contributed by atoms with Crippen molar-refractivity contribution in [3.8, 4) is 23.2 Å². The highest BCUT2D eigenvalue weighted by molar-refractivity contribution is 7.92. The number of alkyl halides is 3. The van der Waals surface area contributed by atoms with E-state index in [2.05, 4.69) is 24.5 Å². The zero-order valence-electron chi connectivity index (χ0n) is 19.2. The molecule has 4 aromatic rings. The SMILES string of the molecule is Cc1cc(C)n(-c2cc(Oc3ccc(NS(=O)(=O)c4ccc(OC(F)(F)F)cc4)cc3)nc(C)n2)n1. The first-order chi connectivity index (χ1) is 16.9. The zero-order valence-corrected chi connectivity index (χ0v) is 20.1.